The second kappa shape index (κ2) is 11.3. The Morgan fingerprint density at radius 1 is 1.13 bits per heavy atom. The van der Waals surface area contributed by atoms with Crippen LogP contribution in [0.4, 0.5) is 14.5 Å². The molecule has 1 aliphatic rings. The number of pyridine rings is 1. The van der Waals surface area contributed by atoms with Crippen LogP contribution < -0.4 is 10.5 Å². The predicted molar refractivity (Wildman–Crippen MR) is 149 cm³/mol. The topological polar surface area (TPSA) is 45.6 Å². The molecular weight excluding hydrogens is 484 g/mol. The van der Waals surface area contributed by atoms with Crippen LogP contribution in [-0.4, -0.2) is 41.6 Å². The van der Waals surface area contributed by atoms with Crippen LogP contribution in [0.3, 0.4) is 0 Å². The smallest absolute Gasteiger partial charge is 0.257 e. The van der Waals surface area contributed by atoms with Gasteiger partial charge in [-0.3, -0.25) is 14.2 Å². The monoisotopic (exact) mass is 513 g/mol. The maximum Gasteiger partial charge on any atom is 0.257 e. The van der Waals surface area contributed by atoms with E-state index in [4.69, 9.17) is 6.42 Å². The Bertz CT molecular complexity index is 1550. The summed E-state index contributed by atoms with van der Waals surface area (Å²) in [6.07, 6.45) is 10.1. The first-order valence-electron chi connectivity index (χ1n) is 12.3. The maximum absolute atomic E-state index is 15.4. The number of aryl methyl sites for hydroxylation is 2. The van der Waals surface area contributed by atoms with Gasteiger partial charge in [0.1, 0.15) is 11.6 Å². The van der Waals surface area contributed by atoms with Crippen LogP contribution in [0.5, 0.6) is 0 Å². The van der Waals surface area contributed by atoms with E-state index < -0.39 is 11.6 Å². The number of aromatic nitrogens is 1. The van der Waals surface area contributed by atoms with E-state index in [1.807, 2.05) is 36.9 Å². The Balaban J connectivity index is 1.90. The highest BCUT2D eigenvalue weighted by atomic mass is 19.1. The fourth-order valence-corrected chi connectivity index (χ4v) is 4.91. The Hall–Kier alpha value is -4.44. The average Bonchev–Trinajstić information content (AvgIpc) is 2.90. The summed E-state index contributed by atoms with van der Waals surface area (Å²) in [5.41, 5.74) is 3.39. The molecule has 1 amide bonds. The van der Waals surface area contributed by atoms with Gasteiger partial charge in [0.15, 0.2) is 0 Å². The third-order valence-electron chi connectivity index (χ3n) is 6.76. The number of amides is 1. The third kappa shape index (κ3) is 5.30. The second-order valence-electron chi connectivity index (χ2n) is 9.24. The number of nitrogens with zero attached hydrogens (tertiary/aromatic N) is 3. The molecule has 1 aliphatic heterocycles. The molecule has 2 heterocycles. The lowest BCUT2D eigenvalue weighted by Crippen LogP contribution is -2.48. The predicted octanol–water partition coefficient (Wildman–Crippen LogP) is 5.17. The number of terminal acetylenes is 1. The zero-order valence-electron chi connectivity index (χ0n) is 21.5. The summed E-state index contributed by atoms with van der Waals surface area (Å²) in [6, 6.07) is 10.2. The summed E-state index contributed by atoms with van der Waals surface area (Å²) in [4.78, 5) is 29.4. The van der Waals surface area contributed by atoms with E-state index in [0.29, 0.717) is 48.5 Å². The molecule has 3 aromatic rings. The largest absolute Gasteiger partial charge is 0.367 e. The van der Waals surface area contributed by atoms with Gasteiger partial charge in [0.25, 0.3) is 5.56 Å². The molecule has 194 valence electrons. The number of para-hydroxylation sites is 1. The molecular formula is C31H29F2N3O2. The first kappa shape index (κ1) is 26.6. The lowest BCUT2D eigenvalue weighted by atomic mass is 10.0. The van der Waals surface area contributed by atoms with Crippen molar-refractivity contribution in [3.8, 4) is 18.0 Å². The van der Waals surface area contributed by atoms with Gasteiger partial charge in [-0.15, -0.1) is 6.42 Å². The van der Waals surface area contributed by atoms with E-state index >= 15 is 4.39 Å². The zero-order chi connectivity index (χ0) is 27.4. The number of hydrogen-bond donors (Lipinski definition) is 0. The van der Waals surface area contributed by atoms with Gasteiger partial charge in [-0.2, -0.15) is 0 Å². The van der Waals surface area contributed by atoms with E-state index in [0.717, 1.165) is 11.1 Å². The van der Waals surface area contributed by atoms with Crippen LogP contribution in [-0.2, 0) is 11.2 Å². The number of allylic oxidation sites excluding steroid dienone is 4. The van der Waals surface area contributed by atoms with E-state index in [9.17, 15) is 14.0 Å². The quantitative estimate of drug-likeness (QED) is 0.260. The normalized spacial score (nSPS) is 14.2. The minimum Gasteiger partial charge on any atom is -0.367 e. The van der Waals surface area contributed by atoms with E-state index in [1.165, 1.54) is 36.4 Å². The second-order valence-corrected chi connectivity index (χ2v) is 9.24. The first-order valence-corrected chi connectivity index (χ1v) is 12.3. The maximum atomic E-state index is 15.4. The molecule has 4 rings (SSSR count). The highest BCUT2D eigenvalue weighted by molar-refractivity contribution is 5.94. The standard InChI is InChI=1S/C31H29F2N3O2/c1-5-7-8-12-24(32)17-23-18-28-25(19-26(23)33)27(34-13-15-35(16-14-34)29(37)6-2)20-30(38)36(28)31-21(3)10-9-11-22(31)4/h1,6-12,18-20H,2,13-17H2,3-4H3/b8-7-,24-12+. The van der Waals surface area contributed by atoms with Crippen LogP contribution >= 0.6 is 0 Å². The van der Waals surface area contributed by atoms with Gasteiger partial charge in [-0.05, 0) is 60.9 Å². The molecule has 2 aromatic carbocycles. The molecule has 0 atom stereocenters. The number of halogens is 2. The van der Waals surface area contributed by atoms with Crippen molar-refractivity contribution in [2.24, 2.45) is 0 Å². The summed E-state index contributed by atoms with van der Waals surface area (Å²) in [5.74, 6) is 0.995. The lowest BCUT2D eigenvalue weighted by molar-refractivity contribution is -0.126. The number of carbonyl (C=O) groups is 1. The van der Waals surface area contributed by atoms with Gasteiger partial charge in [0, 0.05) is 44.1 Å². The van der Waals surface area contributed by atoms with E-state index in [1.54, 1.807) is 15.5 Å². The Kier molecular flexibility index (Phi) is 7.92. The van der Waals surface area contributed by atoms with Gasteiger partial charge in [0.05, 0.1) is 16.9 Å². The molecule has 0 bridgehead atoms. The Morgan fingerprint density at radius 2 is 1.82 bits per heavy atom. The number of benzene rings is 2. The molecule has 1 aromatic heterocycles. The van der Waals surface area contributed by atoms with Crippen molar-refractivity contribution in [1.82, 2.24) is 9.47 Å². The lowest BCUT2D eigenvalue weighted by Gasteiger charge is -2.36. The molecule has 0 saturated carbocycles. The van der Waals surface area contributed by atoms with E-state index in [2.05, 4.69) is 12.5 Å². The molecule has 0 N–H and O–H groups in total. The summed E-state index contributed by atoms with van der Waals surface area (Å²) >= 11 is 0. The molecule has 38 heavy (non-hydrogen) atoms. The van der Waals surface area contributed by atoms with Crippen LogP contribution in [0.2, 0.25) is 0 Å². The summed E-state index contributed by atoms with van der Waals surface area (Å²) in [7, 11) is 0. The van der Waals surface area contributed by atoms with Gasteiger partial charge in [-0.1, -0.05) is 36.8 Å². The van der Waals surface area contributed by atoms with E-state index in [-0.39, 0.29) is 23.5 Å². The molecule has 0 radical (unpaired) electrons. The van der Waals surface area contributed by atoms with Gasteiger partial charge in [-0.25, -0.2) is 8.78 Å². The molecule has 1 saturated heterocycles. The number of hydrogen-bond acceptors (Lipinski definition) is 3. The van der Waals surface area contributed by atoms with Crippen LogP contribution in [0, 0.1) is 32.0 Å². The zero-order valence-corrected chi connectivity index (χ0v) is 21.5. The number of rotatable bonds is 6. The summed E-state index contributed by atoms with van der Waals surface area (Å²) in [5, 5.41) is 0.536. The van der Waals surface area contributed by atoms with Crippen LogP contribution in [0.25, 0.3) is 16.6 Å². The van der Waals surface area contributed by atoms with Crippen molar-refractivity contribution in [2.75, 3.05) is 31.1 Å². The highest BCUT2D eigenvalue weighted by Crippen LogP contribution is 2.32. The van der Waals surface area contributed by atoms with Crippen molar-refractivity contribution in [3.05, 3.63) is 106 Å². The van der Waals surface area contributed by atoms with Gasteiger partial charge < -0.3 is 9.80 Å². The van der Waals surface area contributed by atoms with Crippen molar-refractivity contribution in [3.63, 3.8) is 0 Å². The summed E-state index contributed by atoms with van der Waals surface area (Å²) < 4.78 is 31.6. The molecule has 0 unspecified atom stereocenters. The number of anilines is 1. The van der Waals surface area contributed by atoms with Crippen molar-refractivity contribution >= 4 is 22.5 Å². The molecule has 5 nitrogen and oxygen atoms in total. The average molecular weight is 514 g/mol. The van der Waals surface area contributed by atoms with Crippen molar-refractivity contribution in [2.45, 2.75) is 20.3 Å². The SMILES string of the molecule is C#C/C=C\C=C(\F)Cc1cc2c(cc1F)c(N1CCN(C(=O)C=C)CC1)cc(=O)n2-c1c(C)cccc1C. The van der Waals surface area contributed by atoms with Crippen molar-refractivity contribution < 1.29 is 13.6 Å². The van der Waals surface area contributed by atoms with Crippen LogP contribution in [0.15, 0.2) is 77.9 Å². The van der Waals surface area contributed by atoms with Gasteiger partial charge in [0.2, 0.25) is 5.91 Å². The number of carbonyl (C=O) groups excluding carboxylic acids is 1. The molecule has 1 fully saturated rings. The molecule has 0 aliphatic carbocycles. The Morgan fingerprint density at radius 3 is 2.45 bits per heavy atom. The molecule has 0 spiro atoms. The van der Waals surface area contributed by atoms with Gasteiger partial charge >= 0.3 is 0 Å². The number of fused-ring (bicyclic) bond motifs is 1. The molecule has 7 heteroatoms. The fraction of sp³-hybridized carbons (Fsp3) is 0.226. The first-order chi connectivity index (χ1) is 18.2. The number of piperazine rings is 1. The minimum absolute atomic E-state index is 0.123. The van der Waals surface area contributed by atoms with Crippen LogP contribution in [0.1, 0.15) is 16.7 Å². The highest BCUT2D eigenvalue weighted by Gasteiger charge is 2.24. The minimum atomic E-state index is -0.574. The van der Waals surface area contributed by atoms with Crippen molar-refractivity contribution in [1.29, 1.82) is 0 Å². The summed E-state index contributed by atoms with van der Waals surface area (Å²) in [6.45, 7) is 9.22. The Labute approximate surface area is 221 Å². The third-order valence-corrected chi connectivity index (χ3v) is 6.76. The fourth-order valence-electron chi connectivity index (χ4n) is 4.91.